The summed E-state index contributed by atoms with van der Waals surface area (Å²) in [6.07, 6.45) is 4.24. The van der Waals surface area contributed by atoms with Crippen molar-refractivity contribution in [2.24, 2.45) is 5.92 Å². The van der Waals surface area contributed by atoms with Gasteiger partial charge in [0.2, 0.25) is 5.91 Å². The van der Waals surface area contributed by atoms with Gasteiger partial charge >= 0.3 is 0 Å². The molecule has 4 nitrogen and oxygen atoms in total. The van der Waals surface area contributed by atoms with E-state index in [0.29, 0.717) is 12.5 Å². The van der Waals surface area contributed by atoms with Gasteiger partial charge in [-0.1, -0.05) is 12.1 Å². The highest BCUT2D eigenvalue weighted by atomic mass is 19.1. The van der Waals surface area contributed by atoms with Crippen molar-refractivity contribution in [1.82, 2.24) is 15.5 Å². The fourth-order valence-electron chi connectivity index (χ4n) is 3.61. The number of halogens is 1. The number of likely N-dealkylation sites (tertiary alicyclic amines) is 1. The third kappa shape index (κ3) is 4.52. The van der Waals surface area contributed by atoms with Crippen molar-refractivity contribution in [3.63, 3.8) is 0 Å². The normalized spacial score (nSPS) is 24.9. The van der Waals surface area contributed by atoms with Crippen LogP contribution in [-0.2, 0) is 11.3 Å². The number of amides is 1. The summed E-state index contributed by atoms with van der Waals surface area (Å²) in [6, 6.07) is 6.53. The van der Waals surface area contributed by atoms with Gasteiger partial charge in [-0.2, -0.15) is 0 Å². The Kier molecular flexibility index (Phi) is 5.62. The van der Waals surface area contributed by atoms with Crippen molar-refractivity contribution in [3.05, 3.63) is 35.6 Å². The molecular formula is C18H26FN3O. The van der Waals surface area contributed by atoms with Crippen molar-refractivity contribution in [2.45, 2.75) is 38.3 Å². The van der Waals surface area contributed by atoms with E-state index >= 15 is 0 Å². The summed E-state index contributed by atoms with van der Waals surface area (Å²) in [5.74, 6) is 0.635. The molecule has 2 N–H and O–H groups in total. The van der Waals surface area contributed by atoms with Crippen LogP contribution in [0, 0.1) is 11.7 Å². The molecule has 2 aliphatic rings. The highest BCUT2D eigenvalue weighted by Crippen LogP contribution is 2.20. The molecule has 2 atom stereocenters. The van der Waals surface area contributed by atoms with Gasteiger partial charge in [-0.05, 0) is 68.9 Å². The van der Waals surface area contributed by atoms with Crippen molar-refractivity contribution >= 4 is 5.91 Å². The molecule has 0 bridgehead atoms. The maximum absolute atomic E-state index is 13.0. The number of hydrogen-bond acceptors (Lipinski definition) is 3. The number of rotatable bonds is 6. The van der Waals surface area contributed by atoms with E-state index in [1.807, 2.05) is 0 Å². The summed E-state index contributed by atoms with van der Waals surface area (Å²) in [6.45, 7) is 4.60. The van der Waals surface area contributed by atoms with Crippen LogP contribution in [0.2, 0.25) is 0 Å². The second-order valence-corrected chi connectivity index (χ2v) is 6.69. The Morgan fingerprint density at radius 2 is 2.13 bits per heavy atom. The highest BCUT2D eigenvalue weighted by molar-refractivity contribution is 5.82. The molecule has 126 valence electrons. The Balaban J connectivity index is 1.47. The molecule has 5 heteroatoms. The zero-order valence-corrected chi connectivity index (χ0v) is 13.6. The van der Waals surface area contributed by atoms with Crippen molar-refractivity contribution in [1.29, 1.82) is 0 Å². The van der Waals surface area contributed by atoms with Crippen LogP contribution in [0.3, 0.4) is 0 Å². The number of carbonyl (C=O) groups is 1. The predicted octanol–water partition coefficient (Wildman–Crippen LogP) is 1.91. The topological polar surface area (TPSA) is 44.4 Å². The highest BCUT2D eigenvalue weighted by Gasteiger charge is 2.30. The molecule has 1 aromatic carbocycles. The first-order valence-corrected chi connectivity index (χ1v) is 8.69. The Morgan fingerprint density at radius 1 is 1.30 bits per heavy atom. The van der Waals surface area contributed by atoms with Gasteiger partial charge in [0.05, 0.1) is 6.04 Å². The molecule has 3 rings (SSSR count). The smallest absolute Gasteiger partial charge is 0.237 e. The number of carbonyl (C=O) groups excluding carboxylic acids is 1. The standard InChI is InChI=1S/C18H26FN3O/c19-16-5-3-15(4-6-16)13-22-11-1-2-17(22)18(23)21-10-8-14-7-9-20-12-14/h3-6,14,17,20H,1-2,7-13H2,(H,21,23). The lowest BCUT2D eigenvalue weighted by molar-refractivity contribution is -0.125. The van der Waals surface area contributed by atoms with E-state index < -0.39 is 0 Å². The zero-order chi connectivity index (χ0) is 16.1. The molecule has 0 radical (unpaired) electrons. The molecule has 2 heterocycles. The number of nitrogens with one attached hydrogen (secondary N) is 2. The third-order valence-corrected chi connectivity index (χ3v) is 4.98. The molecule has 0 saturated carbocycles. The van der Waals surface area contributed by atoms with Crippen molar-refractivity contribution in [3.8, 4) is 0 Å². The van der Waals surface area contributed by atoms with Gasteiger partial charge < -0.3 is 10.6 Å². The first kappa shape index (κ1) is 16.4. The maximum Gasteiger partial charge on any atom is 0.237 e. The lowest BCUT2D eigenvalue weighted by Gasteiger charge is -2.24. The molecule has 2 fully saturated rings. The lowest BCUT2D eigenvalue weighted by atomic mass is 10.1. The minimum absolute atomic E-state index is 0.0400. The van der Waals surface area contributed by atoms with Gasteiger partial charge in [0, 0.05) is 13.1 Å². The van der Waals surface area contributed by atoms with Crippen LogP contribution >= 0.6 is 0 Å². The van der Waals surface area contributed by atoms with E-state index in [1.54, 1.807) is 12.1 Å². The Morgan fingerprint density at radius 3 is 2.87 bits per heavy atom. The van der Waals surface area contributed by atoms with Crippen LogP contribution < -0.4 is 10.6 Å². The van der Waals surface area contributed by atoms with Crippen LogP contribution in [0.15, 0.2) is 24.3 Å². The fourth-order valence-corrected chi connectivity index (χ4v) is 3.61. The molecule has 2 aliphatic heterocycles. The summed E-state index contributed by atoms with van der Waals surface area (Å²) in [5, 5.41) is 6.46. The van der Waals surface area contributed by atoms with Gasteiger partial charge in [-0.3, -0.25) is 9.69 Å². The van der Waals surface area contributed by atoms with Gasteiger partial charge in [0.25, 0.3) is 0 Å². The number of nitrogens with zero attached hydrogens (tertiary/aromatic N) is 1. The van der Waals surface area contributed by atoms with Crippen LogP contribution in [-0.4, -0.2) is 43.0 Å². The molecular weight excluding hydrogens is 293 g/mol. The van der Waals surface area contributed by atoms with Crippen molar-refractivity contribution in [2.75, 3.05) is 26.2 Å². The summed E-state index contributed by atoms with van der Waals surface area (Å²) in [7, 11) is 0. The third-order valence-electron chi connectivity index (χ3n) is 4.98. The lowest BCUT2D eigenvalue weighted by Crippen LogP contribution is -2.43. The van der Waals surface area contributed by atoms with E-state index in [0.717, 1.165) is 51.0 Å². The molecule has 1 amide bonds. The summed E-state index contributed by atoms with van der Waals surface area (Å²) in [5.41, 5.74) is 1.06. The monoisotopic (exact) mass is 319 g/mol. The maximum atomic E-state index is 13.0. The van der Waals surface area contributed by atoms with E-state index in [4.69, 9.17) is 0 Å². The molecule has 0 spiro atoms. The minimum atomic E-state index is -0.217. The molecule has 2 saturated heterocycles. The SMILES string of the molecule is O=C(NCCC1CCNC1)C1CCCN1Cc1ccc(F)cc1. The average Bonchev–Trinajstić information content (AvgIpc) is 3.21. The summed E-state index contributed by atoms with van der Waals surface area (Å²) < 4.78 is 13.0. The molecule has 0 aromatic heterocycles. The quantitative estimate of drug-likeness (QED) is 0.842. The Labute approximate surface area is 137 Å². The first-order chi connectivity index (χ1) is 11.2. The predicted molar refractivity (Wildman–Crippen MR) is 88.4 cm³/mol. The van der Waals surface area contributed by atoms with Crippen LogP contribution in [0.25, 0.3) is 0 Å². The minimum Gasteiger partial charge on any atom is -0.355 e. The second kappa shape index (κ2) is 7.88. The molecule has 23 heavy (non-hydrogen) atoms. The fraction of sp³-hybridized carbons (Fsp3) is 0.611. The van der Waals surface area contributed by atoms with Gasteiger partial charge in [-0.15, -0.1) is 0 Å². The second-order valence-electron chi connectivity index (χ2n) is 6.69. The number of hydrogen-bond donors (Lipinski definition) is 2. The molecule has 1 aromatic rings. The number of benzene rings is 1. The van der Waals surface area contributed by atoms with Crippen LogP contribution in [0.4, 0.5) is 4.39 Å². The first-order valence-electron chi connectivity index (χ1n) is 8.69. The van der Waals surface area contributed by atoms with Gasteiger partial charge in [0.1, 0.15) is 5.82 Å². The van der Waals surface area contributed by atoms with E-state index in [9.17, 15) is 9.18 Å². The van der Waals surface area contributed by atoms with Gasteiger partial charge in [-0.25, -0.2) is 4.39 Å². The van der Waals surface area contributed by atoms with Crippen LogP contribution in [0.1, 0.15) is 31.2 Å². The average molecular weight is 319 g/mol. The van der Waals surface area contributed by atoms with Crippen molar-refractivity contribution < 1.29 is 9.18 Å². The van der Waals surface area contributed by atoms with E-state index in [2.05, 4.69) is 15.5 Å². The zero-order valence-electron chi connectivity index (χ0n) is 13.6. The van der Waals surface area contributed by atoms with E-state index in [-0.39, 0.29) is 17.8 Å². The Bertz CT molecular complexity index is 514. The summed E-state index contributed by atoms with van der Waals surface area (Å²) >= 11 is 0. The van der Waals surface area contributed by atoms with Gasteiger partial charge in [0.15, 0.2) is 0 Å². The molecule has 0 aliphatic carbocycles. The molecule has 2 unspecified atom stereocenters. The van der Waals surface area contributed by atoms with Crippen LogP contribution in [0.5, 0.6) is 0 Å². The van der Waals surface area contributed by atoms with E-state index in [1.165, 1.54) is 18.6 Å². The Hall–Kier alpha value is -1.46. The summed E-state index contributed by atoms with van der Waals surface area (Å²) in [4.78, 5) is 14.7. The largest absolute Gasteiger partial charge is 0.355 e.